The summed E-state index contributed by atoms with van der Waals surface area (Å²) >= 11 is 0. The molecule has 0 fully saturated rings. The molecule has 0 saturated carbocycles. The Bertz CT molecular complexity index is 561. The summed E-state index contributed by atoms with van der Waals surface area (Å²) in [5.41, 5.74) is 6.55. The van der Waals surface area contributed by atoms with Crippen molar-refractivity contribution >= 4 is 23.1 Å². The van der Waals surface area contributed by atoms with Crippen LogP contribution >= 0.6 is 0 Å². The highest BCUT2D eigenvalue weighted by Crippen LogP contribution is 2.23. The predicted molar refractivity (Wildman–Crippen MR) is 64.3 cm³/mol. The van der Waals surface area contributed by atoms with E-state index < -0.39 is 17.6 Å². The standard InChI is InChI=1S/C9H13BFNO5S/c1-5-7(4-12)3-8(17-18(11,15)16)6(2)9(5)10(13)14/h3,13-14H,4,12H2,1-2H3. The third-order valence-corrected chi connectivity index (χ3v) is 3.01. The lowest BCUT2D eigenvalue weighted by atomic mass is 9.73. The summed E-state index contributed by atoms with van der Waals surface area (Å²) in [4.78, 5) is 0. The SMILES string of the molecule is Cc1c(CN)cc(OS(=O)(=O)F)c(C)c1B(O)O. The van der Waals surface area contributed by atoms with Crippen molar-refractivity contribution in [2.45, 2.75) is 20.4 Å². The zero-order chi connectivity index (χ0) is 14.1. The summed E-state index contributed by atoms with van der Waals surface area (Å²) in [7, 11) is -7.02. The van der Waals surface area contributed by atoms with Gasteiger partial charge in [0.1, 0.15) is 5.75 Å². The minimum absolute atomic E-state index is 0.0223. The molecule has 100 valence electrons. The van der Waals surface area contributed by atoms with Gasteiger partial charge in [0.05, 0.1) is 0 Å². The van der Waals surface area contributed by atoms with Gasteiger partial charge in [-0.05, 0) is 42.1 Å². The lowest BCUT2D eigenvalue weighted by Gasteiger charge is -2.16. The van der Waals surface area contributed by atoms with Crippen molar-refractivity contribution in [1.82, 2.24) is 0 Å². The molecule has 0 unspecified atom stereocenters. The van der Waals surface area contributed by atoms with Crippen LogP contribution in [0.1, 0.15) is 16.7 Å². The van der Waals surface area contributed by atoms with Crippen LogP contribution in [0.2, 0.25) is 0 Å². The van der Waals surface area contributed by atoms with Crippen LogP contribution < -0.4 is 15.4 Å². The van der Waals surface area contributed by atoms with E-state index in [0.717, 1.165) is 0 Å². The van der Waals surface area contributed by atoms with E-state index in [2.05, 4.69) is 4.18 Å². The molecule has 0 aliphatic carbocycles. The van der Waals surface area contributed by atoms with Gasteiger partial charge in [-0.25, -0.2) is 0 Å². The molecule has 0 atom stereocenters. The minimum atomic E-state index is -5.18. The quantitative estimate of drug-likeness (QED) is 0.482. The molecule has 0 bridgehead atoms. The molecular formula is C9H13BFNO5S. The van der Waals surface area contributed by atoms with E-state index >= 15 is 0 Å². The van der Waals surface area contributed by atoms with Crippen molar-refractivity contribution < 1.29 is 26.5 Å². The molecule has 0 spiro atoms. The predicted octanol–water partition coefficient (Wildman–Crippen LogP) is -0.965. The van der Waals surface area contributed by atoms with Gasteiger partial charge in [0, 0.05) is 6.54 Å². The molecule has 9 heteroatoms. The van der Waals surface area contributed by atoms with Crippen LogP contribution in [0.15, 0.2) is 6.07 Å². The second-order valence-corrected chi connectivity index (χ2v) is 4.70. The zero-order valence-corrected chi connectivity index (χ0v) is 10.7. The Morgan fingerprint density at radius 2 is 1.94 bits per heavy atom. The fourth-order valence-electron chi connectivity index (χ4n) is 1.75. The summed E-state index contributed by atoms with van der Waals surface area (Å²) < 4.78 is 37.6. The normalized spacial score (nSPS) is 11.4. The number of benzene rings is 1. The van der Waals surface area contributed by atoms with Gasteiger partial charge in [0.15, 0.2) is 0 Å². The average Bonchev–Trinajstić information content (AvgIpc) is 2.20. The first kappa shape index (κ1) is 14.9. The molecule has 0 radical (unpaired) electrons. The van der Waals surface area contributed by atoms with Gasteiger partial charge in [-0.3, -0.25) is 0 Å². The number of nitrogens with two attached hydrogens (primary N) is 1. The van der Waals surface area contributed by atoms with Crippen LogP contribution in [0.3, 0.4) is 0 Å². The van der Waals surface area contributed by atoms with Crippen LogP contribution in [0.5, 0.6) is 5.75 Å². The molecule has 1 aromatic carbocycles. The van der Waals surface area contributed by atoms with Crippen LogP contribution in [0.4, 0.5) is 3.89 Å². The number of hydrogen-bond acceptors (Lipinski definition) is 6. The van der Waals surface area contributed by atoms with E-state index in [0.29, 0.717) is 11.1 Å². The van der Waals surface area contributed by atoms with Crippen LogP contribution in [0.25, 0.3) is 0 Å². The lowest BCUT2D eigenvalue weighted by molar-refractivity contribution is 0.422. The molecule has 0 amide bonds. The first-order valence-electron chi connectivity index (χ1n) is 5.00. The first-order chi connectivity index (χ1) is 8.17. The lowest BCUT2D eigenvalue weighted by Crippen LogP contribution is -2.36. The molecule has 18 heavy (non-hydrogen) atoms. The van der Waals surface area contributed by atoms with E-state index in [1.807, 2.05) is 0 Å². The Hall–Kier alpha value is -1.16. The second kappa shape index (κ2) is 5.23. The fourth-order valence-corrected chi connectivity index (χ4v) is 2.14. The van der Waals surface area contributed by atoms with E-state index in [4.69, 9.17) is 5.73 Å². The van der Waals surface area contributed by atoms with E-state index in [1.54, 1.807) is 6.92 Å². The van der Waals surface area contributed by atoms with E-state index in [1.165, 1.54) is 13.0 Å². The maximum atomic E-state index is 12.5. The Morgan fingerprint density at radius 1 is 1.39 bits per heavy atom. The molecular weight excluding hydrogens is 264 g/mol. The highest BCUT2D eigenvalue weighted by molar-refractivity contribution is 7.81. The van der Waals surface area contributed by atoms with E-state index in [-0.39, 0.29) is 23.3 Å². The van der Waals surface area contributed by atoms with Crippen LogP contribution in [-0.4, -0.2) is 25.6 Å². The van der Waals surface area contributed by atoms with Crippen molar-refractivity contribution in [2.24, 2.45) is 5.73 Å². The molecule has 0 aliphatic rings. The maximum Gasteiger partial charge on any atom is 0.489 e. The highest BCUT2D eigenvalue weighted by atomic mass is 32.3. The van der Waals surface area contributed by atoms with Crippen molar-refractivity contribution in [2.75, 3.05) is 0 Å². The van der Waals surface area contributed by atoms with E-state index in [9.17, 15) is 22.4 Å². The summed E-state index contributed by atoms with van der Waals surface area (Å²) in [5.74, 6) is -0.313. The van der Waals surface area contributed by atoms with Gasteiger partial charge in [-0.15, -0.1) is 0 Å². The molecule has 1 aromatic rings. The molecule has 0 aliphatic heterocycles. The Morgan fingerprint density at radius 3 is 2.33 bits per heavy atom. The largest absolute Gasteiger partial charge is 0.489 e. The average molecular weight is 277 g/mol. The Balaban J connectivity index is 3.49. The third kappa shape index (κ3) is 3.19. The topological polar surface area (TPSA) is 110 Å². The molecule has 6 nitrogen and oxygen atoms in total. The summed E-state index contributed by atoms with van der Waals surface area (Å²) in [6.45, 7) is 3.01. The fraction of sp³-hybridized carbons (Fsp3) is 0.333. The van der Waals surface area contributed by atoms with Crippen molar-refractivity contribution in [3.8, 4) is 5.75 Å². The van der Waals surface area contributed by atoms with Crippen molar-refractivity contribution in [3.63, 3.8) is 0 Å². The Kier molecular flexibility index (Phi) is 4.33. The highest BCUT2D eigenvalue weighted by Gasteiger charge is 2.24. The van der Waals surface area contributed by atoms with Crippen LogP contribution in [-0.2, 0) is 17.0 Å². The van der Waals surface area contributed by atoms with Gasteiger partial charge < -0.3 is 20.0 Å². The van der Waals surface area contributed by atoms with Crippen LogP contribution in [0, 0.1) is 13.8 Å². The Labute approximate surface area is 105 Å². The van der Waals surface area contributed by atoms with Crippen molar-refractivity contribution in [1.29, 1.82) is 0 Å². The first-order valence-corrected chi connectivity index (χ1v) is 6.31. The van der Waals surface area contributed by atoms with Gasteiger partial charge in [-0.1, -0.05) is 3.89 Å². The number of rotatable bonds is 4. The molecule has 0 saturated heterocycles. The number of halogens is 1. The smallest absolute Gasteiger partial charge is 0.423 e. The monoisotopic (exact) mass is 277 g/mol. The maximum absolute atomic E-state index is 12.5. The van der Waals surface area contributed by atoms with Gasteiger partial charge in [-0.2, -0.15) is 8.42 Å². The zero-order valence-electron chi connectivity index (χ0n) is 9.84. The summed E-state index contributed by atoms with van der Waals surface area (Å²) in [6.07, 6.45) is 0. The molecule has 0 aromatic heterocycles. The molecule has 0 heterocycles. The summed E-state index contributed by atoms with van der Waals surface area (Å²) in [5, 5.41) is 18.5. The number of hydrogen-bond donors (Lipinski definition) is 3. The summed E-state index contributed by atoms with van der Waals surface area (Å²) in [6, 6.07) is 1.26. The molecule has 1 rings (SSSR count). The third-order valence-electron chi connectivity index (χ3n) is 2.63. The van der Waals surface area contributed by atoms with Gasteiger partial charge >= 0.3 is 17.6 Å². The minimum Gasteiger partial charge on any atom is -0.423 e. The second-order valence-electron chi connectivity index (χ2n) is 3.75. The van der Waals surface area contributed by atoms with Gasteiger partial charge in [0.2, 0.25) is 0 Å². The van der Waals surface area contributed by atoms with Gasteiger partial charge in [0.25, 0.3) is 0 Å². The van der Waals surface area contributed by atoms with Crippen molar-refractivity contribution in [3.05, 3.63) is 22.8 Å². The molecule has 4 N–H and O–H groups in total.